The highest BCUT2D eigenvalue weighted by molar-refractivity contribution is 5.93. The van der Waals surface area contributed by atoms with Crippen molar-refractivity contribution in [3.8, 4) is 0 Å². The molecule has 0 aromatic rings. The zero-order valence-electron chi connectivity index (χ0n) is 8.76. The third-order valence-corrected chi connectivity index (χ3v) is 1.79. The molecule has 0 amide bonds. The number of hydrogen-bond acceptors (Lipinski definition) is 3. The van der Waals surface area contributed by atoms with Gasteiger partial charge in [0.25, 0.3) is 0 Å². The van der Waals surface area contributed by atoms with Crippen LogP contribution in [-0.2, 0) is 14.3 Å². The van der Waals surface area contributed by atoms with Gasteiger partial charge in [-0.2, -0.15) is 0 Å². The number of rotatable bonds is 6. The number of Topliss-reactive ketones (excluding diaryl/α,β-unsaturated/α-hetero) is 1. The summed E-state index contributed by atoms with van der Waals surface area (Å²) in [4.78, 5) is 21.9. The van der Waals surface area contributed by atoms with Crippen molar-refractivity contribution in [2.45, 2.75) is 26.7 Å². The first-order valence-electron chi connectivity index (χ1n) is 4.52. The Balaban J connectivity index is 3.91. The molecule has 78 valence electrons. The lowest BCUT2D eigenvalue weighted by Gasteiger charge is -2.05. The first-order chi connectivity index (χ1) is 6.49. The minimum absolute atomic E-state index is 0.0540. The largest absolute Gasteiger partial charge is 0.463 e. The zero-order valence-corrected chi connectivity index (χ0v) is 8.76. The monoisotopic (exact) mass is 196 g/mol. The molecule has 0 aromatic carbocycles. The molecule has 0 saturated carbocycles. The van der Waals surface area contributed by atoms with Gasteiger partial charge in [-0.1, -0.05) is 13.2 Å². The van der Waals surface area contributed by atoms with Crippen LogP contribution in [0.25, 0.3) is 0 Å². The minimum atomic E-state index is -0.399. The van der Waals surface area contributed by atoms with Crippen molar-refractivity contribution in [3.05, 3.63) is 24.3 Å². The quantitative estimate of drug-likeness (QED) is 0.482. The van der Waals surface area contributed by atoms with Crippen molar-refractivity contribution in [3.63, 3.8) is 0 Å². The fraction of sp³-hybridized carbons (Fsp3) is 0.455. The van der Waals surface area contributed by atoms with Gasteiger partial charge in [0.15, 0.2) is 5.78 Å². The lowest BCUT2D eigenvalue weighted by Crippen LogP contribution is -2.07. The van der Waals surface area contributed by atoms with Crippen molar-refractivity contribution in [1.82, 2.24) is 0 Å². The van der Waals surface area contributed by atoms with Crippen LogP contribution in [0.4, 0.5) is 0 Å². The molecule has 0 aliphatic heterocycles. The van der Waals surface area contributed by atoms with E-state index in [1.165, 1.54) is 6.92 Å². The first-order valence-corrected chi connectivity index (χ1v) is 4.52. The Labute approximate surface area is 84.4 Å². The van der Waals surface area contributed by atoms with Gasteiger partial charge in [-0.05, 0) is 32.3 Å². The average Bonchev–Trinajstić information content (AvgIpc) is 2.13. The van der Waals surface area contributed by atoms with E-state index < -0.39 is 5.97 Å². The Kier molecular flexibility index (Phi) is 5.53. The van der Waals surface area contributed by atoms with Crippen molar-refractivity contribution in [2.24, 2.45) is 0 Å². The van der Waals surface area contributed by atoms with Crippen molar-refractivity contribution < 1.29 is 14.3 Å². The van der Waals surface area contributed by atoms with Crippen LogP contribution in [0.15, 0.2) is 24.3 Å². The van der Waals surface area contributed by atoms with Gasteiger partial charge in [0, 0.05) is 5.57 Å². The van der Waals surface area contributed by atoms with Gasteiger partial charge in [0.05, 0.1) is 6.61 Å². The fourth-order valence-electron chi connectivity index (χ4n) is 0.813. The average molecular weight is 196 g/mol. The molecule has 0 fully saturated rings. The van der Waals surface area contributed by atoms with Crippen LogP contribution < -0.4 is 0 Å². The number of esters is 1. The summed E-state index contributed by atoms with van der Waals surface area (Å²) in [6.45, 7) is 10.7. The molecule has 0 radical (unpaired) electrons. The third-order valence-electron chi connectivity index (χ3n) is 1.79. The van der Waals surface area contributed by atoms with Gasteiger partial charge in [0.2, 0.25) is 0 Å². The molecule has 0 N–H and O–H groups in total. The van der Waals surface area contributed by atoms with Crippen LogP contribution in [-0.4, -0.2) is 18.4 Å². The molecule has 0 bridgehead atoms. The summed E-state index contributed by atoms with van der Waals surface area (Å²) in [5.41, 5.74) is 0.893. The smallest absolute Gasteiger partial charge is 0.333 e. The molecule has 0 spiro atoms. The van der Waals surface area contributed by atoms with Crippen LogP contribution in [0, 0.1) is 0 Å². The Bertz CT molecular complexity index is 264. The van der Waals surface area contributed by atoms with E-state index in [0.717, 1.165) is 0 Å². The molecule has 0 aliphatic rings. The number of carbonyl (C=O) groups is 2. The van der Waals surface area contributed by atoms with Crippen LogP contribution in [0.2, 0.25) is 0 Å². The lowest BCUT2D eigenvalue weighted by molar-refractivity contribution is -0.138. The van der Waals surface area contributed by atoms with Crippen molar-refractivity contribution in [1.29, 1.82) is 0 Å². The second-order valence-electron chi connectivity index (χ2n) is 2.98. The van der Waals surface area contributed by atoms with E-state index in [4.69, 9.17) is 4.74 Å². The highest BCUT2D eigenvalue weighted by atomic mass is 16.5. The van der Waals surface area contributed by atoms with Gasteiger partial charge in [-0.25, -0.2) is 4.79 Å². The molecule has 3 nitrogen and oxygen atoms in total. The Morgan fingerprint density at radius 2 is 1.64 bits per heavy atom. The van der Waals surface area contributed by atoms with Crippen LogP contribution in [0.5, 0.6) is 0 Å². The molecule has 0 aromatic heterocycles. The number of carbonyl (C=O) groups excluding carboxylic acids is 2. The summed E-state index contributed by atoms with van der Waals surface area (Å²) in [5, 5.41) is 0. The summed E-state index contributed by atoms with van der Waals surface area (Å²) in [6, 6.07) is 0. The molecule has 0 saturated heterocycles. The van der Waals surface area contributed by atoms with E-state index in [1.807, 2.05) is 0 Å². The Hall–Kier alpha value is -1.38. The maximum Gasteiger partial charge on any atom is 0.333 e. The second-order valence-corrected chi connectivity index (χ2v) is 2.98. The number of ketones is 1. The van der Waals surface area contributed by atoms with E-state index in [1.54, 1.807) is 6.92 Å². The summed E-state index contributed by atoms with van der Waals surface area (Å²) in [7, 11) is 0. The fourth-order valence-corrected chi connectivity index (χ4v) is 0.813. The molecule has 0 heterocycles. The molecule has 0 atom stereocenters. The minimum Gasteiger partial charge on any atom is -0.463 e. The highest BCUT2D eigenvalue weighted by Gasteiger charge is 2.09. The first kappa shape index (κ1) is 12.6. The molecule has 0 unspecified atom stereocenters. The third kappa shape index (κ3) is 4.60. The van der Waals surface area contributed by atoms with Crippen LogP contribution in [0.3, 0.4) is 0 Å². The number of ether oxygens (including phenoxy) is 1. The zero-order chi connectivity index (χ0) is 11.1. The molecular weight excluding hydrogens is 180 g/mol. The number of allylic oxidation sites excluding steroid dienone is 1. The topological polar surface area (TPSA) is 43.4 Å². The van der Waals surface area contributed by atoms with Crippen molar-refractivity contribution in [2.75, 3.05) is 6.61 Å². The maximum absolute atomic E-state index is 11.1. The Morgan fingerprint density at radius 3 is 2.07 bits per heavy atom. The summed E-state index contributed by atoms with van der Waals surface area (Å²) in [5.74, 6) is -0.453. The molecule has 0 aliphatic carbocycles. The van der Waals surface area contributed by atoms with E-state index >= 15 is 0 Å². The SMILES string of the molecule is C=C(CCC(=C)C(=O)OCC)C(C)=O. The predicted octanol–water partition coefficient (Wildman–Crippen LogP) is 2.03. The van der Waals surface area contributed by atoms with E-state index in [2.05, 4.69) is 13.2 Å². The van der Waals surface area contributed by atoms with Gasteiger partial charge in [-0.3, -0.25) is 4.79 Å². The summed E-state index contributed by atoms with van der Waals surface area (Å²) in [6.07, 6.45) is 0.893. The van der Waals surface area contributed by atoms with E-state index in [0.29, 0.717) is 30.6 Å². The normalized spacial score (nSPS) is 9.29. The standard InChI is InChI=1S/C11H16O3/c1-5-14-11(13)9(3)7-6-8(2)10(4)12/h2-3,5-7H2,1,4H3. The van der Waals surface area contributed by atoms with Crippen molar-refractivity contribution >= 4 is 11.8 Å². The van der Waals surface area contributed by atoms with Gasteiger partial charge < -0.3 is 4.74 Å². The summed E-state index contributed by atoms with van der Waals surface area (Å²) >= 11 is 0. The molecule has 14 heavy (non-hydrogen) atoms. The molecular formula is C11H16O3. The Morgan fingerprint density at radius 1 is 1.14 bits per heavy atom. The summed E-state index contributed by atoms with van der Waals surface area (Å²) < 4.78 is 4.74. The maximum atomic E-state index is 11.1. The predicted molar refractivity (Wildman–Crippen MR) is 54.8 cm³/mol. The molecule has 0 rings (SSSR count). The van der Waals surface area contributed by atoms with Gasteiger partial charge >= 0.3 is 5.97 Å². The van der Waals surface area contributed by atoms with E-state index in [-0.39, 0.29) is 5.78 Å². The van der Waals surface area contributed by atoms with Gasteiger partial charge in [0.1, 0.15) is 0 Å². The van der Waals surface area contributed by atoms with Crippen LogP contribution in [0.1, 0.15) is 26.7 Å². The van der Waals surface area contributed by atoms with Crippen LogP contribution >= 0.6 is 0 Å². The number of hydrogen-bond donors (Lipinski definition) is 0. The molecule has 3 heteroatoms. The van der Waals surface area contributed by atoms with E-state index in [9.17, 15) is 9.59 Å². The van der Waals surface area contributed by atoms with Gasteiger partial charge in [-0.15, -0.1) is 0 Å². The lowest BCUT2D eigenvalue weighted by atomic mass is 10.0. The second kappa shape index (κ2) is 6.13. The highest BCUT2D eigenvalue weighted by Crippen LogP contribution is 2.10.